The SMILES string of the molecule is CCn1c(SCC(=O)Nc2ccc(Br)cc2C(C)C)nnc1[C@@H](C)NC(=O)c1ccc(Cl)cc1Cl. The Labute approximate surface area is 227 Å². The molecule has 0 aliphatic rings. The molecule has 3 rings (SSSR count). The van der Waals surface area contributed by atoms with E-state index in [-0.39, 0.29) is 28.5 Å². The fraction of sp³-hybridized carbons (Fsp3) is 0.333. The summed E-state index contributed by atoms with van der Waals surface area (Å²) in [5, 5.41) is 15.7. The molecule has 0 unspecified atom stereocenters. The molecule has 11 heteroatoms. The summed E-state index contributed by atoms with van der Waals surface area (Å²) in [6.45, 7) is 8.52. The number of rotatable bonds is 9. The first kappa shape index (κ1) is 27.5. The second-order valence-corrected chi connectivity index (χ2v) is 10.8. The molecule has 3 aromatic rings. The lowest BCUT2D eigenvalue weighted by Gasteiger charge is -2.16. The van der Waals surface area contributed by atoms with E-state index < -0.39 is 6.04 Å². The van der Waals surface area contributed by atoms with Crippen LogP contribution in [0.5, 0.6) is 0 Å². The number of benzene rings is 2. The Hall–Kier alpha value is -2.07. The molecule has 0 aliphatic heterocycles. The monoisotopic (exact) mass is 597 g/mol. The zero-order valence-corrected chi connectivity index (χ0v) is 23.6. The second-order valence-electron chi connectivity index (χ2n) is 8.13. The third-order valence-electron chi connectivity index (χ3n) is 5.21. The summed E-state index contributed by atoms with van der Waals surface area (Å²) >= 11 is 16.9. The number of hydrogen-bond acceptors (Lipinski definition) is 5. The Morgan fingerprint density at radius 1 is 1.11 bits per heavy atom. The highest BCUT2D eigenvalue weighted by Gasteiger charge is 2.21. The van der Waals surface area contributed by atoms with Crippen LogP contribution in [0, 0.1) is 0 Å². The maximum atomic E-state index is 12.7. The predicted molar refractivity (Wildman–Crippen MR) is 146 cm³/mol. The fourth-order valence-electron chi connectivity index (χ4n) is 3.48. The maximum Gasteiger partial charge on any atom is 0.253 e. The molecule has 0 spiro atoms. The van der Waals surface area contributed by atoms with Gasteiger partial charge in [-0.25, -0.2) is 0 Å². The van der Waals surface area contributed by atoms with Crippen molar-refractivity contribution >= 4 is 68.4 Å². The first-order valence-corrected chi connectivity index (χ1v) is 13.5. The number of carbonyl (C=O) groups excluding carboxylic acids is 2. The average molecular weight is 599 g/mol. The maximum absolute atomic E-state index is 12.7. The number of aromatic nitrogens is 3. The van der Waals surface area contributed by atoms with Gasteiger partial charge >= 0.3 is 0 Å². The predicted octanol–water partition coefficient (Wildman–Crippen LogP) is 6.71. The average Bonchev–Trinajstić information content (AvgIpc) is 3.21. The van der Waals surface area contributed by atoms with E-state index in [1.54, 1.807) is 12.1 Å². The van der Waals surface area contributed by atoms with Crippen LogP contribution in [0.4, 0.5) is 5.69 Å². The minimum atomic E-state index is -0.429. The van der Waals surface area contributed by atoms with Gasteiger partial charge in [-0.1, -0.05) is 64.7 Å². The molecule has 2 aromatic carbocycles. The second kappa shape index (κ2) is 12.3. The molecule has 0 bridgehead atoms. The van der Waals surface area contributed by atoms with Crippen LogP contribution in [-0.4, -0.2) is 32.3 Å². The lowest BCUT2D eigenvalue weighted by molar-refractivity contribution is -0.113. The van der Waals surface area contributed by atoms with Crippen LogP contribution in [0.3, 0.4) is 0 Å². The fourth-order valence-corrected chi connectivity index (χ4v) is 5.16. The van der Waals surface area contributed by atoms with Gasteiger partial charge in [0.15, 0.2) is 11.0 Å². The van der Waals surface area contributed by atoms with Crippen LogP contribution < -0.4 is 10.6 Å². The number of amides is 2. The molecule has 1 heterocycles. The lowest BCUT2D eigenvalue weighted by atomic mass is 10.0. The molecule has 186 valence electrons. The van der Waals surface area contributed by atoms with Gasteiger partial charge < -0.3 is 15.2 Å². The van der Waals surface area contributed by atoms with Gasteiger partial charge in [-0.2, -0.15) is 0 Å². The molecule has 0 radical (unpaired) electrons. The Morgan fingerprint density at radius 3 is 2.51 bits per heavy atom. The molecule has 1 aromatic heterocycles. The third kappa shape index (κ3) is 7.00. The van der Waals surface area contributed by atoms with Gasteiger partial charge in [0.1, 0.15) is 0 Å². The topological polar surface area (TPSA) is 88.9 Å². The third-order valence-corrected chi connectivity index (χ3v) is 7.22. The van der Waals surface area contributed by atoms with Crippen molar-refractivity contribution in [1.82, 2.24) is 20.1 Å². The van der Waals surface area contributed by atoms with Crippen molar-refractivity contribution in [2.75, 3.05) is 11.1 Å². The van der Waals surface area contributed by atoms with E-state index in [0.29, 0.717) is 28.1 Å². The highest BCUT2D eigenvalue weighted by molar-refractivity contribution is 9.10. The van der Waals surface area contributed by atoms with Crippen LogP contribution in [0.2, 0.25) is 10.0 Å². The highest BCUT2D eigenvalue weighted by Crippen LogP contribution is 2.28. The normalized spacial score (nSPS) is 12.0. The van der Waals surface area contributed by atoms with Gasteiger partial charge in [-0.3, -0.25) is 9.59 Å². The zero-order valence-electron chi connectivity index (χ0n) is 19.7. The van der Waals surface area contributed by atoms with E-state index in [1.165, 1.54) is 17.8 Å². The molecule has 0 fully saturated rings. The number of nitrogens with one attached hydrogen (secondary N) is 2. The number of thioether (sulfide) groups is 1. The van der Waals surface area contributed by atoms with Gasteiger partial charge in [-0.05, 0) is 61.7 Å². The smallest absolute Gasteiger partial charge is 0.253 e. The zero-order chi connectivity index (χ0) is 25.7. The largest absolute Gasteiger partial charge is 0.342 e. The van der Waals surface area contributed by atoms with E-state index >= 15 is 0 Å². The first-order chi connectivity index (χ1) is 16.6. The summed E-state index contributed by atoms with van der Waals surface area (Å²) in [4.78, 5) is 25.4. The molecule has 2 amide bonds. The van der Waals surface area contributed by atoms with Gasteiger partial charge in [-0.15, -0.1) is 10.2 Å². The van der Waals surface area contributed by atoms with E-state index in [2.05, 4.69) is 50.6 Å². The molecule has 35 heavy (non-hydrogen) atoms. The number of anilines is 1. The molecule has 0 saturated carbocycles. The Bertz CT molecular complexity index is 1230. The van der Waals surface area contributed by atoms with Crippen molar-refractivity contribution in [1.29, 1.82) is 0 Å². The summed E-state index contributed by atoms with van der Waals surface area (Å²) < 4.78 is 2.85. The van der Waals surface area contributed by atoms with Gasteiger partial charge in [0.25, 0.3) is 5.91 Å². The van der Waals surface area contributed by atoms with Gasteiger partial charge in [0.2, 0.25) is 5.91 Å². The Morgan fingerprint density at radius 2 is 1.86 bits per heavy atom. The lowest BCUT2D eigenvalue weighted by Crippen LogP contribution is -2.29. The standard InChI is InChI=1S/C24H26BrCl2N5O2S/c1-5-32-22(14(4)28-23(34)17-8-7-16(26)11-19(17)27)30-31-24(32)35-12-21(33)29-20-9-6-15(25)10-18(20)13(2)3/h6-11,13-14H,5,12H2,1-4H3,(H,28,34)(H,29,33)/t14-/m1/s1. The first-order valence-electron chi connectivity index (χ1n) is 11.0. The van der Waals surface area contributed by atoms with Gasteiger partial charge in [0.05, 0.1) is 22.4 Å². The van der Waals surface area contributed by atoms with Crippen LogP contribution in [0.1, 0.15) is 61.4 Å². The number of hydrogen-bond donors (Lipinski definition) is 2. The van der Waals surface area contributed by atoms with Crippen molar-refractivity contribution in [2.45, 2.75) is 51.4 Å². The van der Waals surface area contributed by atoms with Crippen molar-refractivity contribution in [2.24, 2.45) is 0 Å². The van der Waals surface area contributed by atoms with Crippen molar-refractivity contribution in [3.63, 3.8) is 0 Å². The van der Waals surface area contributed by atoms with Crippen LogP contribution in [0.15, 0.2) is 46.0 Å². The summed E-state index contributed by atoms with van der Waals surface area (Å²) in [7, 11) is 0. The minimum absolute atomic E-state index is 0.134. The quantitative estimate of drug-likeness (QED) is 0.267. The van der Waals surface area contributed by atoms with E-state index in [0.717, 1.165) is 15.7 Å². The Balaban J connectivity index is 1.66. The summed E-state index contributed by atoms with van der Waals surface area (Å²) in [5.74, 6) is 0.552. The molecule has 7 nitrogen and oxygen atoms in total. The molecule has 0 aliphatic carbocycles. The van der Waals surface area contributed by atoms with Crippen molar-refractivity contribution < 1.29 is 9.59 Å². The van der Waals surface area contributed by atoms with Crippen molar-refractivity contribution in [3.05, 3.63) is 67.9 Å². The molecular formula is C24H26BrCl2N5O2S. The molecule has 2 N–H and O–H groups in total. The molecule has 0 saturated heterocycles. The van der Waals surface area contributed by atoms with E-state index in [4.69, 9.17) is 23.2 Å². The van der Waals surface area contributed by atoms with Crippen LogP contribution in [0.25, 0.3) is 0 Å². The minimum Gasteiger partial charge on any atom is -0.342 e. The van der Waals surface area contributed by atoms with Crippen molar-refractivity contribution in [3.8, 4) is 0 Å². The molecule has 1 atom stereocenters. The van der Waals surface area contributed by atoms with Gasteiger partial charge in [0, 0.05) is 21.7 Å². The van der Waals surface area contributed by atoms with E-state index in [9.17, 15) is 9.59 Å². The number of nitrogens with zero attached hydrogens (tertiary/aromatic N) is 3. The molecular weight excluding hydrogens is 573 g/mol. The summed E-state index contributed by atoms with van der Waals surface area (Å²) in [5.41, 5.74) is 2.18. The summed E-state index contributed by atoms with van der Waals surface area (Å²) in [6, 6.07) is 10.1. The van der Waals surface area contributed by atoms with Crippen LogP contribution >= 0.6 is 50.9 Å². The van der Waals surface area contributed by atoms with E-state index in [1.807, 2.05) is 36.6 Å². The van der Waals surface area contributed by atoms with Crippen LogP contribution in [-0.2, 0) is 11.3 Å². The highest BCUT2D eigenvalue weighted by atomic mass is 79.9. The number of carbonyl (C=O) groups is 2. The summed E-state index contributed by atoms with van der Waals surface area (Å²) in [6.07, 6.45) is 0. The Kier molecular flexibility index (Phi) is 9.63. The number of halogens is 3.